The van der Waals surface area contributed by atoms with Crippen molar-refractivity contribution in [1.29, 1.82) is 0 Å². The van der Waals surface area contributed by atoms with Crippen LogP contribution in [0.15, 0.2) is 42.6 Å². The minimum absolute atomic E-state index is 0.370. The number of hydrogen-bond donors (Lipinski definition) is 1. The molecule has 0 aliphatic heterocycles. The molecular weight excluding hydrogens is 236 g/mol. The lowest BCUT2D eigenvalue weighted by molar-refractivity contribution is 0.103. The molecule has 0 bridgehead atoms. The van der Waals surface area contributed by atoms with E-state index in [0.29, 0.717) is 5.92 Å². The highest BCUT2D eigenvalue weighted by Gasteiger charge is 2.30. The number of hydrogen-bond acceptors (Lipinski definition) is 2. The number of aliphatic hydroxyl groups is 1. The maximum atomic E-state index is 10.6. The number of aliphatic hydroxyl groups excluding tert-OH is 1. The SMILES string of the molecule is CC1CCC(C(O)c2ccnn2-c2ccccc2)C1. The van der Waals surface area contributed by atoms with E-state index in [9.17, 15) is 5.11 Å². The Labute approximate surface area is 113 Å². The zero-order valence-corrected chi connectivity index (χ0v) is 11.2. The zero-order chi connectivity index (χ0) is 13.2. The summed E-state index contributed by atoms with van der Waals surface area (Å²) >= 11 is 0. The van der Waals surface area contributed by atoms with E-state index in [2.05, 4.69) is 12.0 Å². The Morgan fingerprint density at radius 1 is 1.21 bits per heavy atom. The molecule has 3 heteroatoms. The second-order valence-electron chi connectivity index (χ2n) is 5.63. The molecule has 2 aromatic rings. The normalized spacial score (nSPS) is 24.5. The Balaban J connectivity index is 1.88. The van der Waals surface area contributed by atoms with Crippen LogP contribution in [0.25, 0.3) is 5.69 Å². The van der Waals surface area contributed by atoms with Gasteiger partial charge in [0.1, 0.15) is 0 Å². The van der Waals surface area contributed by atoms with Crippen LogP contribution in [0, 0.1) is 11.8 Å². The second kappa shape index (κ2) is 5.17. The van der Waals surface area contributed by atoms with Crippen LogP contribution in [0.5, 0.6) is 0 Å². The van der Waals surface area contributed by atoms with Crippen LogP contribution in [-0.2, 0) is 0 Å². The van der Waals surface area contributed by atoms with Crippen molar-refractivity contribution in [3.63, 3.8) is 0 Å². The highest BCUT2D eigenvalue weighted by atomic mass is 16.3. The van der Waals surface area contributed by atoms with Crippen molar-refractivity contribution in [2.24, 2.45) is 11.8 Å². The van der Waals surface area contributed by atoms with E-state index >= 15 is 0 Å². The van der Waals surface area contributed by atoms with Crippen LogP contribution in [0.2, 0.25) is 0 Å². The summed E-state index contributed by atoms with van der Waals surface area (Å²) in [6.45, 7) is 2.27. The molecule has 0 amide bonds. The molecule has 3 rings (SSSR count). The Kier molecular flexibility index (Phi) is 3.38. The summed E-state index contributed by atoms with van der Waals surface area (Å²) in [6, 6.07) is 11.9. The van der Waals surface area contributed by atoms with Crippen molar-refractivity contribution in [2.75, 3.05) is 0 Å². The Bertz CT molecular complexity index is 535. The molecule has 19 heavy (non-hydrogen) atoms. The van der Waals surface area contributed by atoms with Crippen LogP contribution < -0.4 is 0 Å². The number of rotatable bonds is 3. The fourth-order valence-corrected chi connectivity index (χ4v) is 3.10. The first-order valence-corrected chi connectivity index (χ1v) is 7.03. The first-order chi connectivity index (χ1) is 9.25. The van der Waals surface area contributed by atoms with Gasteiger partial charge in [-0.2, -0.15) is 5.10 Å². The number of aromatic nitrogens is 2. The molecule has 1 saturated carbocycles. The average molecular weight is 256 g/mol. The van der Waals surface area contributed by atoms with Gasteiger partial charge in [0.05, 0.1) is 17.5 Å². The third kappa shape index (κ3) is 2.43. The van der Waals surface area contributed by atoms with Gasteiger partial charge in [0.25, 0.3) is 0 Å². The van der Waals surface area contributed by atoms with E-state index in [4.69, 9.17) is 0 Å². The van der Waals surface area contributed by atoms with E-state index in [0.717, 1.165) is 30.1 Å². The summed E-state index contributed by atoms with van der Waals surface area (Å²) < 4.78 is 1.85. The third-order valence-electron chi connectivity index (χ3n) is 4.16. The molecule has 0 spiro atoms. The Hall–Kier alpha value is -1.61. The smallest absolute Gasteiger partial charge is 0.0989 e. The lowest BCUT2D eigenvalue weighted by atomic mass is 9.97. The fourth-order valence-electron chi connectivity index (χ4n) is 3.10. The van der Waals surface area contributed by atoms with Crippen molar-refractivity contribution < 1.29 is 5.11 Å². The van der Waals surface area contributed by atoms with Gasteiger partial charge in [-0.15, -0.1) is 0 Å². The van der Waals surface area contributed by atoms with E-state index in [1.165, 1.54) is 6.42 Å². The molecule has 3 atom stereocenters. The molecule has 1 aliphatic carbocycles. The maximum absolute atomic E-state index is 10.6. The van der Waals surface area contributed by atoms with Crippen molar-refractivity contribution in [3.05, 3.63) is 48.3 Å². The minimum atomic E-state index is -0.410. The van der Waals surface area contributed by atoms with Gasteiger partial charge in [-0.25, -0.2) is 4.68 Å². The minimum Gasteiger partial charge on any atom is -0.387 e. The van der Waals surface area contributed by atoms with Gasteiger partial charge < -0.3 is 5.11 Å². The molecule has 1 aromatic carbocycles. The molecule has 1 fully saturated rings. The summed E-state index contributed by atoms with van der Waals surface area (Å²) in [5.74, 6) is 1.10. The Morgan fingerprint density at radius 3 is 2.68 bits per heavy atom. The van der Waals surface area contributed by atoms with Gasteiger partial charge in [0, 0.05) is 6.20 Å². The summed E-state index contributed by atoms with van der Waals surface area (Å²) in [7, 11) is 0. The standard InChI is InChI=1S/C16H20N2O/c1-12-7-8-13(11-12)16(19)15-9-10-17-18(15)14-5-3-2-4-6-14/h2-6,9-10,12-13,16,19H,7-8,11H2,1H3. The lowest BCUT2D eigenvalue weighted by Crippen LogP contribution is -2.14. The number of benzene rings is 1. The van der Waals surface area contributed by atoms with E-state index in [1.807, 2.05) is 41.1 Å². The van der Waals surface area contributed by atoms with Crippen LogP contribution >= 0.6 is 0 Å². The Morgan fingerprint density at radius 2 is 2.00 bits per heavy atom. The molecule has 0 radical (unpaired) electrons. The zero-order valence-electron chi connectivity index (χ0n) is 11.2. The summed E-state index contributed by atoms with van der Waals surface area (Å²) in [5.41, 5.74) is 1.91. The lowest BCUT2D eigenvalue weighted by Gasteiger charge is -2.19. The monoisotopic (exact) mass is 256 g/mol. The van der Waals surface area contributed by atoms with E-state index < -0.39 is 6.10 Å². The topological polar surface area (TPSA) is 38.1 Å². The van der Waals surface area contributed by atoms with Gasteiger partial charge in [-0.3, -0.25) is 0 Å². The van der Waals surface area contributed by atoms with Crippen molar-refractivity contribution >= 4 is 0 Å². The number of para-hydroxylation sites is 1. The van der Waals surface area contributed by atoms with Crippen LogP contribution in [0.3, 0.4) is 0 Å². The maximum Gasteiger partial charge on any atom is 0.0989 e. The predicted octanol–water partition coefficient (Wildman–Crippen LogP) is 3.34. The average Bonchev–Trinajstić information content (AvgIpc) is 3.07. The van der Waals surface area contributed by atoms with Gasteiger partial charge in [0.15, 0.2) is 0 Å². The third-order valence-corrected chi connectivity index (χ3v) is 4.16. The molecule has 1 heterocycles. The van der Waals surface area contributed by atoms with Crippen molar-refractivity contribution in [3.8, 4) is 5.69 Å². The van der Waals surface area contributed by atoms with Crippen LogP contribution in [0.1, 0.15) is 38.0 Å². The van der Waals surface area contributed by atoms with E-state index in [1.54, 1.807) is 6.20 Å². The summed E-state index contributed by atoms with van der Waals surface area (Å²) in [6.07, 6.45) is 4.81. The molecule has 0 saturated heterocycles. The molecule has 1 aromatic heterocycles. The predicted molar refractivity (Wildman–Crippen MR) is 75.0 cm³/mol. The molecule has 3 nitrogen and oxygen atoms in total. The quantitative estimate of drug-likeness (QED) is 0.914. The van der Waals surface area contributed by atoms with Gasteiger partial charge in [-0.1, -0.05) is 31.5 Å². The van der Waals surface area contributed by atoms with E-state index in [-0.39, 0.29) is 0 Å². The molecule has 100 valence electrons. The van der Waals surface area contributed by atoms with Crippen molar-refractivity contribution in [1.82, 2.24) is 9.78 Å². The summed E-state index contributed by atoms with van der Waals surface area (Å²) in [4.78, 5) is 0. The van der Waals surface area contributed by atoms with Crippen LogP contribution in [0.4, 0.5) is 0 Å². The van der Waals surface area contributed by atoms with Crippen molar-refractivity contribution in [2.45, 2.75) is 32.3 Å². The van der Waals surface area contributed by atoms with Gasteiger partial charge in [0.2, 0.25) is 0 Å². The fraction of sp³-hybridized carbons (Fsp3) is 0.438. The summed E-state index contributed by atoms with van der Waals surface area (Å²) in [5, 5.41) is 15.0. The molecule has 1 aliphatic rings. The highest BCUT2D eigenvalue weighted by Crippen LogP contribution is 2.39. The van der Waals surface area contributed by atoms with Gasteiger partial charge in [-0.05, 0) is 42.9 Å². The molecule has 1 N–H and O–H groups in total. The highest BCUT2D eigenvalue weighted by molar-refractivity contribution is 5.33. The molecule has 3 unspecified atom stereocenters. The largest absolute Gasteiger partial charge is 0.387 e. The van der Waals surface area contributed by atoms with Crippen LogP contribution in [-0.4, -0.2) is 14.9 Å². The first kappa shape index (κ1) is 12.4. The number of nitrogens with zero attached hydrogens (tertiary/aromatic N) is 2. The second-order valence-corrected chi connectivity index (χ2v) is 5.63. The van der Waals surface area contributed by atoms with Gasteiger partial charge >= 0.3 is 0 Å². The first-order valence-electron chi connectivity index (χ1n) is 7.03. The molecular formula is C16H20N2O.